The van der Waals surface area contributed by atoms with Crippen molar-refractivity contribution >= 4 is 17.7 Å². The average molecular weight is 483 g/mol. The Morgan fingerprint density at radius 3 is 1.38 bits per heavy atom. The molecule has 0 spiro atoms. The van der Waals surface area contributed by atoms with Crippen molar-refractivity contribution in [2.24, 2.45) is 10.8 Å². The highest BCUT2D eigenvalue weighted by Gasteiger charge is 2.44. The predicted molar refractivity (Wildman–Crippen MR) is 140 cm³/mol. The van der Waals surface area contributed by atoms with Crippen LogP contribution in [0.5, 0.6) is 0 Å². The molecule has 34 heavy (non-hydrogen) atoms. The van der Waals surface area contributed by atoms with Gasteiger partial charge in [0.2, 0.25) is 0 Å². The lowest BCUT2D eigenvalue weighted by Gasteiger charge is -2.30. The van der Waals surface area contributed by atoms with E-state index in [1.807, 2.05) is 6.92 Å². The molecular formula is C29H54O5. The molecule has 2 unspecified atom stereocenters. The predicted octanol–water partition coefficient (Wildman–Crippen LogP) is 8.58. The molecule has 0 aliphatic rings. The van der Waals surface area contributed by atoms with E-state index < -0.39 is 22.8 Å². The number of unbranched alkanes of at least 4 members (excludes halogenated alkanes) is 9. The number of carbonyl (C=O) groups excluding carboxylic acids is 1. The van der Waals surface area contributed by atoms with Crippen molar-refractivity contribution in [3.8, 4) is 0 Å². The summed E-state index contributed by atoms with van der Waals surface area (Å²) in [5, 5.41) is 20.2. The summed E-state index contributed by atoms with van der Waals surface area (Å²) in [6.07, 6.45) is 15.9. The normalized spacial score (nSPS) is 14.9. The van der Waals surface area contributed by atoms with Gasteiger partial charge in [-0.1, -0.05) is 111 Å². The fourth-order valence-corrected chi connectivity index (χ4v) is 5.16. The molecule has 0 fully saturated rings. The van der Waals surface area contributed by atoms with E-state index in [2.05, 4.69) is 20.8 Å². The highest BCUT2D eigenvalue weighted by atomic mass is 16.4. The van der Waals surface area contributed by atoms with Crippen molar-refractivity contribution in [3.63, 3.8) is 0 Å². The van der Waals surface area contributed by atoms with Crippen LogP contribution in [0.4, 0.5) is 0 Å². The second kappa shape index (κ2) is 18.9. The fraction of sp³-hybridized carbons (Fsp3) is 0.897. The number of hydrogen-bond donors (Lipinski definition) is 2. The first-order valence-electron chi connectivity index (χ1n) is 14.3. The fourth-order valence-electron chi connectivity index (χ4n) is 5.16. The Morgan fingerprint density at radius 1 is 0.500 bits per heavy atom. The maximum absolute atomic E-state index is 13.3. The van der Waals surface area contributed by atoms with E-state index in [0.717, 1.165) is 77.0 Å². The zero-order valence-corrected chi connectivity index (χ0v) is 22.8. The van der Waals surface area contributed by atoms with Gasteiger partial charge in [0.15, 0.2) is 0 Å². The van der Waals surface area contributed by atoms with Crippen molar-refractivity contribution in [3.05, 3.63) is 0 Å². The van der Waals surface area contributed by atoms with E-state index in [9.17, 15) is 24.6 Å². The molecule has 2 N–H and O–H groups in total. The first-order valence-corrected chi connectivity index (χ1v) is 14.3. The summed E-state index contributed by atoms with van der Waals surface area (Å²) in [6, 6.07) is 0. The molecule has 0 aromatic rings. The van der Waals surface area contributed by atoms with Crippen molar-refractivity contribution in [2.75, 3.05) is 0 Å². The summed E-state index contributed by atoms with van der Waals surface area (Å²) >= 11 is 0. The third-order valence-corrected chi connectivity index (χ3v) is 7.64. The van der Waals surface area contributed by atoms with E-state index in [4.69, 9.17) is 0 Å². The molecule has 0 bridgehead atoms. The number of hydrogen-bond acceptors (Lipinski definition) is 3. The van der Waals surface area contributed by atoms with Gasteiger partial charge in [-0.25, -0.2) is 0 Å². The van der Waals surface area contributed by atoms with Crippen molar-refractivity contribution in [1.29, 1.82) is 0 Å². The summed E-state index contributed by atoms with van der Waals surface area (Å²) in [7, 11) is 0. The van der Waals surface area contributed by atoms with Crippen LogP contribution in [-0.4, -0.2) is 27.9 Å². The van der Waals surface area contributed by atoms with Gasteiger partial charge < -0.3 is 10.2 Å². The van der Waals surface area contributed by atoms with Crippen LogP contribution < -0.4 is 0 Å². The van der Waals surface area contributed by atoms with Gasteiger partial charge in [0.05, 0.1) is 5.41 Å². The van der Waals surface area contributed by atoms with Crippen LogP contribution in [0.1, 0.15) is 156 Å². The Labute approximate surface area is 209 Å². The summed E-state index contributed by atoms with van der Waals surface area (Å²) in [4.78, 5) is 37.9. The van der Waals surface area contributed by atoms with Gasteiger partial charge in [0.1, 0.15) is 11.2 Å². The van der Waals surface area contributed by atoms with Gasteiger partial charge in [-0.2, -0.15) is 0 Å². The Hall–Kier alpha value is -1.39. The number of carboxylic acid groups (broad SMARTS) is 2. The Bertz CT molecular complexity index is 573. The number of carboxylic acids is 2. The number of aliphatic carboxylic acids is 2. The topological polar surface area (TPSA) is 91.7 Å². The van der Waals surface area contributed by atoms with Gasteiger partial charge in [-0.3, -0.25) is 14.4 Å². The second-order valence-electron chi connectivity index (χ2n) is 10.4. The maximum atomic E-state index is 13.3. The molecule has 0 aromatic carbocycles. The van der Waals surface area contributed by atoms with Crippen LogP contribution in [0.3, 0.4) is 0 Å². The quantitative estimate of drug-likeness (QED) is 0.106. The number of Topliss-reactive ketones (excluding diaryl/α,β-unsaturated/α-hetero) is 1. The minimum absolute atomic E-state index is 0.151. The van der Waals surface area contributed by atoms with Gasteiger partial charge >= 0.3 is 11.9 Å². The van der Waals surface area contributed by atoms with Crippen LogP contribution >= 0.6 is 0 Å². The number of ketones is 1. The molecule has 200 valence electrons. The summed E-state index contributed by atoms with van der Waals surface area (Å²) in [5.41, 5.74) is -1.98. The summed E-state index contributed by atoms with van der Waals surface area (Å²) in [6.45, 7) is 8.38. The molecule has 0 aromatic heterocycles. The highest BCUT2D eigenvalue weighted by molar-refractivity contribution is 6.03. The van der Waals surface area contributed by atoms with Crippen LogP contribution in [0.15, 0.2) is 0 Å². The molecule has 0 saturated carbocycles. The number of carbonyl (C=O) groups is 3. The lowest BCUT2D eigenvalue weighted by Crippen LogP contribution is -2.39. The highest BCUT2D eigenvalue weighted by Crippen LogP contribution is 2.39. The average Bonchev–Trinajstić information content (AvgIpc) is 2.81. The Kier molecular flexibility index (Phi) is 18.1. The molecule has 2 atom stereocenters. The molecule has 0 aliphatic carbocycles. The van der Waals surface area contributed by atoms with Crippen molar-refractivity contribution in [1.82, 2.24) is 0 Å². The molecule has 0 radical (unpaired) electrons. The van der Waals surface area contributed by atoms with Crippen LogP contribution in [0.25, 0.3) is 0 Å². The van der Waals surface area contributed by atoms with Gasteiger partial charge in [-0.05, 0) is 38.5 Å². The van der Waals surface area contributed by atoms with E-state index in [1.165, 1.54) is 0 Å². The minimum atomic E-state index is -1.27. The van der Waals surface area contributed by atoms with E-state index in [1.54, 1.807) is 0 Å². The molecule has 0 rings (SSSR count). The molecule has 5 nitrogen and oxygen atoms in total. The third kappa shape index (κ3) is 11.4. The first kappa shape index (κ1) is 32.6. The van der Waals surface area contributed by atoms with Gasteiger partial charge in [0, 0.05) is 6.42 Å². The molecule has 0 amide bonds. The minimum Gasteiger partial charge on any atom is -0.481 e. The zero-order chi connectivity index (χ0) is 25.9. The third-order valence-electron chi connectivity index (χ3n) is 7.64. The smallest absolute Gasteiger partial charge is 0.317 e. The first-order chi connectivity index (χ1) is 16.3. The van der Waals surface area contributed by atoms with Crippen molar-refractivity contribution < 1.29 is 24.6 Å². The monoisotopic (exact) mass is 482 g/mol. The van der Waals surface area contributed by atoms with E-state index in [-0.39, 0.29) is 12.2 Å². The SMILES string of the molecule is CCCCCCC(CCCC)(CCCCC(=O)C(CCCC)(CCCCCC)C(=O)O)C(=O)O. The Morgan fingerprint density at radius 2 is 0.912 bits per heavy atom. The van der Waals surface area contributed by atoms with Crippen LogP contribution in [0.2, 0.25) is 0 Å². The van der Waals surface area contributed by atoms with Crippen molar-refractivity contribution in [2.45, 2.75) is 156 Å². The molecular weight excluding hydrogens is 428 g/mol. The molecule has 0 aliphatic heterocycles. The van der Waals surface area contributed by atoms with Crippen LogP contribution in [-0.2, 0) is 14.4 Å². The molecule has 5 heteroatoms. The standard InChI is InChI=1S/C29H54O5/c1-5-9-13-16-21-28(26(31)32,20-11-7-3)22-18-15-19-25(30)29(27(33)34,23-12-8-4)24-17-14-10-6-2/h5-24H2,1-4H3,(H,31,32)(H,33,34). The van der Waals surface area contributed by atoms with Crippen LogP contribution in [0, 0.1) is 10.8 Å². The van der Waals surface area contributed by atoms with Gasteiger partial charge in [-0.15, -0.1) is 0 Å². The van der Waals surface area contributed by atoms with E-state index in [0.29, 0.717) is 44.9 Å². The summed E-state index contributed by atoms with van der Waals surface area (Å²) < 4.78 is 0. The second-order valence-corrected chi connectivity index (χ2v) is 10.4. The maximum Gasteiger partial charge on any atom is 0.317 e. The Balaban J connectivity index is 5.18. The zero-order valence-electron chi connectivity index (χ0n) is 22.8. The molecule has 0 saturated heterocycles. The lowest BCUT2D eigenvalue weighted by molar-refractivity contribution is -0.156. The largest absolute Gasteiger partial charge is 0.481 e. The van der Waals surface area contributed by atoms with Gasteiger partial charge in [0.25, 0.3) is 0 Å². The van der Waals surface area contributed by atoms with E-state index >= 15 is 0 Å². The lowest BCUT2D eigenvalue weighted by atomic mass is 9.72. The number of rotatable bonds is 24. The molecule has 0 heterocycles. The summed E-state index contributed by atoms with van der Waals surface area (Å²) in [5.74, 6) is -1.83.